The van der Waals surface area contributed by atoms with Crippen LogP contribution in [0, 0.1) is 5.92 Å². The number of hydrogen-bond acceptors (Lipinski definition) is 6. The molecule has 0 radical (unpaired) electrons. The standard InChI is InChI=1S/C28H28N2O5/c1-3-18-34-23-16-12-20(13-17-23)29-27(31)24-25(19-10-14-22(15-11-19)33-4-2)30(35-26(24)28(29)32)21-8-6-5-7-9-21/h5-17,24-26H,3-4,18H2,1-2H3. The van der Waals surface area contributed by atoms with E-state index in [-0.39, 0.29) is 11.8 Å². The third-order valence-electron chi connectivity index (χ3n) is 6.23. The number of ether oxygens (including phenoxy) is 2. The van der Waals surface area contributed by atoms with E-state index in [1.54, 1.807) is 29.3 Å². The number of nitrogens with zero attached hydrogens (tertiary/aromatic N) is 2. The third-order valence-corrected chi connectivity index (χ3v) is 6.23. The van der Waals surface area contributed by atoms with E-state index in [9.17, 15) is 9.59 Å². The minimum atomic E-state index is -0.907. The van der Waals surface area contributed by atoms with Crippen LogP contribution in [0.1, 0.15) is 31.9 Å². The van der Waals surface area contributed by atoms with E-state index in [4.69, 9.17) is 14.3 Å². The topological polar surface area (TPSA) is 68.3 Å². The minimum absolute atomic E-state index is 0.278. The maximum atomic E-state index is 13.7. The SMILES string of the molecule is CCCOc1ccc(N2C(=O)C3ON(c4ccccc4)C(c4ccc(OCC)cc4)C3C2=O)cc1. The molecule has 2 fully saturated rings. The molecule has 0 spiro atoms. The molecular weight excluding hydrogens is 444 g/mol. The molecular formula is C28H28N2O5. The lowest BCUT2D eigenvalue weighted by Crippen LogP contribution is -2.37. The van der Waals surface area contributed by atoms with E-state index >= 15 is 0 Å². The van der Waals surface area contributed by atoms with E-state index in [0.29, 0.717) is 24.7 Å². The Labute approximate surface area is 204 Å². The van der Waals surface area contributed by atoms with Crippen molar-refractivity contribution in [3.05, 3.63) is 84.4 Å². The second kappa shape index (κ2) is 9.80. The molecule has 2 aliphatic heterocycles. The number of benzene rings is 3. The molecule has 35 heavy (non-hydrogen) atoms. The zero-order chi connectivity index (χ0) is 24.4. The number of hydrogen-bond donors (Lipinski definition) is 0. The summed E-state index contributed by atoms with van der Waals surface area (Å²) in [4.78, 5) is 34.6. The monoisotopic (exact) mass is 472 g/mol. The average molecular weight is 473 g/mol. The van der Waals surface area contributed by atoms with Gasteiger partial charge in [0, 0.05) is 0 Å². The summed E-state index contributed by atoms with van der Waals surface area (Å²) in [6.07, 6.45) is -0.00793. The van der Waals surface area contributed by atoms with E-state index in [1.165, 1.54) is 4.90 Å². The Hall–Kier alpha value is -3.84. The summed E-state index contributed by atoms with van der Waals surface area (Å²) in [6, 6.07) is 23.7. The summed E-state index contributed by atoms with van der Waals surface area (Å²) in [5.74, 6) is 0.125. The molecule has 7 heteroatoms. The third kappa shape index (κ3) is 4.23. The molecule has 3 aromatic carbocycles. The maximum Gasteiger partial charge on any atom is 0.266 e. The first-order valence-corrected chi connectivity index (χ1v) is 12.0. The molecule has 2 heterocycles. The van der Waals surface area contributed by atoms with Crippen molar-refractivity contribution in [3.8, 4) is 11.5 Å². The van der Waals surface area contributed by atoms with E-state index in [1.807, 2.05) is 68.4 Å². The molecule has 2 amide bonds. The molecule has 0 aromatic heterocycles. The van der Waals surface area contributed by atoms with Crippen LogP contribution < -0.4 is 19.4 Å². The van der Waals surface area contributed by atoms with Crippen molar-refractivity contribution >= 4 is 23.2 Å². The number of amides is 2. The molecule has 0 saturated carbocycles. The molecule has 0 bridgehead atoms. The van der Waals surface area contributed by atoms with Crippen molar-refractivity contribution < 1.29 is 23.9 Å². The van der Waals surface area contributed by atoms with Gasteiger partial charge in [-0.25, -0.2) is 9.96 Å². The fraction of sp³-hybridized carbons (Fsp3) is 0.286. The first-order chi connectivity index (χ1) is 17.1. The number of carbonyl (C=O) groups is 2. The molecule has 3 unspecified atom stereocenters. The first-order valence-electron chi connectivity index (χ1n) is 12.0. The van der Waals surface area contributed by atoms with Crippen LogP contribution in [0.3, 0.4) is 0 Å². The van der Waals surface area contributed by atoms with Crippen LogP contribution in [-0.4, -0.2) is 31.1 Å². The Balaban J connectivity index is 1.48. The Kier molecular flexibility index (Phi) is 6.42. The largest absolute Gasteiger partial charge is 0.494 e. The quantitative estimate of drug-likeness (QED) is 0.433. The number of para-hydroxylation sites is 1. The summed E-state index contributed by atoms with van der Waals surface area (Å²) in [5, 5.41) is 1.69. The Morgan fingerprint density at radius 2 is 1.43 bits per heavy atom. The Morgan fingerprint density at radius 3 is 2.09 bits per heavy atom. The zero-order valence-electron chi connectivity index (χ0n) is 19.8. The van der Waals surface area contributed by atoms with Crippen molar-refractivity contribution in [1.82, 2.24) is 0 Å². The summed E-state index contributed by atoms with van der Waals surface area (Å²) in [5.41, 5.74) is 2.17. The van der Waals surface area contributed by atoms with Crippen LogP contribution in [0.25, 0.3) is 0 Å². The number of anilines is 2. The highest BCUT2D eigenvalue weighted by Gasteiger charge is 2.60. The summed E-state index contributed by atoms with van der Waals surface area (Å²) < 4.78 is 11.2. The van der Waals surface area contributed by atoms with E-state index < -0.39 is 18.1 Å². The first kappa shape index (κ1) is 22.9. The van der Waals surface area contributed by atoms with Crippen molar-refractivity contribution in [3.63, 3.8) is 0 Å². The van der Waals surface area contributed by atoms with Crippen molar-refractivity contribution in [1.29, 1.82) is 0 Å². The molecule has 3 aromatic rings. The van der Waals surface area contributed by atoms with Crippen LogP contribution in [0.5, 0.6) is 11.5 Å². The molecule has 0 N–H and O–H groups in total. The highest BCUT2D eigenvalue weighted by Crippen LogP contribution is 2.47. The number of rotatable bonds is 8. The smallest absolute Gasteiger partial charge is 0.266 e. The molecule has 7 nitrogen and oxygen atoms in total. The van der Waals surface area contributed by atoms with E-state index in [2.05, 4.69) is 0 Å². The van der Waals surface area contributed by atoms with Crippen LogP contribution in [0.15, 0.2) is 78.9 Å². The lowest BCUT2D eigenvalue weighted by Gasteiger charge is -2.29. The van der Waals surface area contributed by atoms with Gasteiger partial charge >= 0.3 is 0 Å². The van der Waals surface area contributed by atoms with Crippen LogP contribution in [0.2, 0.25) is 0 Å². The van der Waals surface area contributed by atoms with Gasteiger partial charge in [0.1, 0.15) is 17.4 Å². The van der Waals surface area contributed by atoms with Gasteiger partial charge in [0.05, 0.1) is 30.6 Å². The second-order valence-corrected chi connectivity index (χ2v) is 8.51. The molecule has 180 valence electrons. The number of carbonyl (C=O) groups excluding carboxylic acids is 2. The number of fused-ring (bicyclic) bond motifs is 1. The Morgan fingerprint density at radius 1 is 0.771 bits per heavy atom. The fourth-order valence-corrected chi connectivity index (χ4v) is 4.65. The summed E-state index contributed by atoms with van der Waals surface area (Å²) in [6.45, 7) is 5.14. The maximum absolute atomic E-state index is 13.7. The van der Waals surface area contributed by atoms with Gasteiger partial charge in [-0.2, -0.15) is 0 Å². The highest BCUT2D eigenvalue weighted by atomic mass is 16.7. The predicted octanol–water partition coefficient (Wildman–Crippen LogP) is 4.93. The van der Waals surface area contributed by atoms with E-state index in [0.717, 1.165) is 23.4 Å². The van der Waals surface area contributed by atoms with Gasteiger partial charge in [-0.3, -0.25) is 14.4 Å². The average Bonchev–Trinajstić information content (AvgIpc) is 3.40. The van der Waals surface area contributed by atoms with Crippen molar-refractivity contribution in [2.24, 2.45) is 5.92 Å². The lowest BCUT2D eigenvalue weighted by atomic mass is 9.90. The molecule has 5 rings (SSSR count). The lowest BCUT2D eigenvalue weighted by molar-refractivity contribution is -0.126. The fourth-order valence-electron chi connectivity index (χ4n) is 4.65. The highest BCUT2D eigenvalue weighted by molar-refractivity contribution is 6.23. The van der Waals surface area contributed by atoms with Crippen LogP contribution >= 0.6 is 0 Å². The normalized spacial score (nSPS) is 21.4. The van der Waals surface area contributed by atoms with Crippen LogP contribution in [-0.2, 0) is 14.4 Å². The van der Waals surface area contributed by atoms with Gasteiger partial charge in [0.2, 0.25) is 5.91 Å². The second-order valence-electron chi connectivity index (χ2n) is 8.51. The van der Waals surface area contributed by atoms with Gasteiger partial charge in [-0.05, 0) is 67.4 Å². The molecule has 2 saturated heterocycles. The predicted molar refractivity (Wildman–Crippen MR) is 132 cm³/mol. The van der Waals surface area contributed by atoms with Crippen molar-refractivity contribution in [2.75, 3.05) is 23.2 Å². The number of hydroxylamine groups is 1. The summed E-state index contributed by atoms with van der Waals surface area (Å²) >= 11 is 0. The van der Waals surface area contributed by atoms with Crippen molar-refractivity contribution in [2.45, 2.75) is 32.4 Å². The van der Waals surface area contributed by atoms with Gasteiger partial charge in [0.15, 0.2) is 6.10 Å². The minimum Gasteiger partial charge on any atom is -0.494 e. The van der Waals surface area contributed by atoms with Gasteiger partial charge in [-0.15, -0.1) is 0 Å². The zero-order valence-corrected chi connectivity index (χ0v) is 19.8. The van der Waals surface area contributed by atoms with Gasteiger partial charge in [-0.1, -0.05) is 37.3 Å². The van der Waals surface area contributed by atoms with Gasteiger partial charge < -0.3 is 9.47 Å². The summed E-state index contributed by atoms with van der Waals surface area (Å²) in [7, 11) is 0. The van der Waals surface area contributed by atoms with Crippen LogP contribution in [0.4, 0.5) is 11.4 Å². The molecule has 0 aliphatic carbocycles. The molecule has 3 atom stereocenters. The Bertz CT molecular complexity index is 1180. The number of imide groups is 1. The molecule has 2 aliphatic rings. The van der Waals surface area contributed by atoms with Gasteiger partial charge in [0.25, 0.3) is 5.91 Å².